The third-order valence-corrected chi connectivity index (χ3v) is 4.49. The first-order valence-electron chi connectivity index (χ1n) is 7.84. The molecule has 0 radical (unpaired) electrons. The number of hydrogen-bond donors (Lipinski definition) is 2. The molecule has 1 saturated carbocycles. The highest BCUT2D eigenvalue weighted by molar-refractivity contribution is 5.26. The van der Waals surface area contributed by atoms with Gasteiger partial charge in [-0.2, -0.15) is 5.10 Å². The van der Waals surface area contributed by atoms with Crippen LogP contribution in [0, 0.1) is 5.82 Å². The number of rotatable bonds is 6. The highest BCUT2D eigenvalue weighted by Gasteiger charge is 2.35. The minimum absolute atomic E-state index is 0.140. The summed E-state index contributed by atoms with van der Waals surface area (Å²) >= 11 is 0. The molecule has 0 saturated heterocycles. The average Bonchev–Trinajstić information content (AvgIpc) is 3.18. The summed E-state index contributed by atoms with van der Waals surface area (Å²) < 4.78 is 14.9. The molecule has 1 aliphatic rings. The molecular formula is C17H22FN3O. The van der Waals surface area contributed by atoms with Gasteiger partial charge in [0.05, 0.1) is 12.6 Å². The Balaban J connectivity index is 1.65. The summed E-state index contributed by atoms with van der Waals surface area (Å²) in [6, 6.07) is 8.58. The van der Waals surface area contributed by atoms with E-state index in [2.05, 4.69) is 10.4 Å². The third kappa shape index (κ3) is 3.36. The Bertz CT molecular complexity index is 576. The standard InChI is InChI=1S/C17H22FN3O/c18-15-6-4-14(5-7-15)17(8-1-2-9-17)19-12-16(22)13-21-11-3-10-20-21/h3-7,10-11,16,19,22H,1-2,8-9,12-13H2. The van der Waals surface area contributed by atoms with Gasteiger partial charge in [-0.25, -0.2) is 4.39 Å². The lowest BCUT2D eigenvalue weighted by atomic mass is 9.88. The molecule has 1 fully saturated rings. The molecule has 0 spiro atoms. The molecule has 1 heterocycles. The Morgan fingerprint density at radius 1 is 1.27 bits per heavy atom. The van der Waals surface area contributed by atoms with Crippen molar-refractivity contribution >= 4 is 0 Å². The van der Waals surface area contributed by atoms with Crippen LogP contribution >= 0.6 is 0 Å². The highest BCUT2D eigenvalue weighted by Crippen LogP contribution is 2.38. The van der Waals surface area contributed by atoms with Crippen LogP contribution in [0.2, 0.25) is 0 Å². The number of aromatic nitrogens is 2. The zero-order valence-corrected chi connectivity index (χ0v) is 12.6. The molecule has 1 aliphatic carbocycles. The Hall–Kier alpha value is -1.72. The SMILES string of the molecule is OC(CNC1(c2ccc(F)cc2)CCCC1)Cn1cccn1. The summed E-state index contributed by atoms with van der Waals surface area (Å²) in [6.45, 7) is 0.969. The van der Waals surface area contributed by atoms with Gasteiger partial charge in [0.2, 0.25) is 0 Å². The fourth-order valence-electron chi connectivity index (χ4n) is 3.32. The molecule has 1 unspecified atom stereocenters. The summed E-state index contributed by atoms with van der Waals surface area (Å²) in [4.78, 5) is 0. The van der Waals surface area contributed by atoms with Crippen LogP contribution in [-0.4, -0.2) is 27.5 Å². The van der Waals surface area contributed by atoms with Crippen LogP contribution < -0.4 is 5.32 Å². The molecule has 0 aliphatic heterocycles. The second kappa shape index (κ2) is 6.58. The predicted molar refractivity (Wildman–Crippen MR) is 82.8 cm³/mol. The highest BCUT2D eigenvalue weighted by atomic mass is 19.1. The van der Waals surface area contributed by atoms with E-state index in [9.17, 15) is 9.50 Å². The number of hydrogen-bond acceptors (Lipinski definition) is 3. The maximum atomic E-state index is 13.2. The molecule has 3 rings (SSSR count). The zero-order chi connectivity index (χ0) is 15.4. The van der Waals surface area contributed by atoms with E-state index in [-0.39, 0.29) is 11.4 Å². The lowest BCUT2D eigenvalue weighted by molar-refractivity contribution is 0.131. The van der Waals surface area contributed by atoms with Crippen LogP contribution in [0.1, 0.15) is 31.2 Å². The lowest BCUT2D eigenvalue weighted by Crippen LogP contribution is -2.44. The van der Waals surface area contributed by atoms with E-state index in [0.717, 1.165) is 31.2 Å². The number of nitrogens with zero attached hydrogens (tertiary/aromatic N) is 2. The Morgan fingerprint density at radius 3 is 2.64 bits per heavy atom. The Labute approximate surface area is 130 Å². The van der Waals surface area contributed by atoms with E-state index in [1.54, 1.807) is 10.9 Å². The fraction of sp³-hybridized carbons (Fsp3) is 0.471. The van der Waals surface area contributed by atoms with Crippen molar-refractivity contribution in [3.05, 3.63) is 54.1 Å². The number of aliphatic hydroxyl groups is 1. The van der Waals surface area contributed by atoms with Gasteiger partial charge in [0.15, 0.2) is 0 Å². The quantitative estimate of drug-likeness (QED) is 0.862. The van der Waals surface area contributed by atoms with Crippen LogP contribution in [0.5, 0.6) is 0 Å². The topological polar surface area (TPSA) is 50.1 Å². The first-order chi connectivity index (χ1) is 10.7. The van der Waals surface area contributed by atoms with Crippen LogP contribution in [0.25, 0.3) is 0 Å². The summed E-state index contributed by atoms with van der Waals surface area (Å²) in [5.74, 6) is -0.212. The minimum Gasteiger partial charge on any atom is -0.390 e. The summed E-state index contributed by atoms with van der Waals surface area (Å²) in [5.41, 5.74) is 0.969. The molecule has 1 aromatic heterocycles. The number of nitrogens with one attached hydrogen (secondary N) is 1. The van der Waals surface area contributed by atoms with Crippen molar-refractivity contribution < 1.29 is 9.50 Å². The maximum Gasteiger partial charge on any atom is 0.123 e. The number of halogens is 1. The summed E-state index contributed by atoms with van der Waals surface area (Å²) in [6.07, 6.45) is 7.39. The average molecular weight is 303 g/mol. The molecule has 1 aromatic carbocycles. The van der Waals surface area contributed by atoms with Crippen LogP contribution in [0.3, 0.4) is 0 Å². The largest absolute Gasteiger partial charge is 0.390 e. The second-order valence-corrected chi connectivity index (χ2v) is 6.06. The smallest absolute Gasteiger partial charge is 0.123 e. The van der Waals surface area contributed by atoms with Gasteiger partial charge in [0.1, 0.15) is 5.82 Å². The van der Waals surface area contributed by atoms with Crippen molar-refractivity contribution in [2.24, 2.45) is 0 Å². The van der Waals surface area contributed by atoms with Crippen LogP contribution in [0.15, 0.2) is 42.7 Å². The maximum absolute atomic E-state index is 13.2. The van der Waals surface area contributed by atoms with Crippen LogP contribution in [-0.2, 0) is 12.1 Å². The minimum atomic E-state index is -0.502. The van der Waals surface area contributed by atoms with Crippen LogP contribution in [0.4, 0.5) is 4.39 Å². The molecular weight excluding hydrogens is 281 g/mol. The Morgan fingerprint density at radius 2 is 2.00 bits per heavy atom. The van der Waals surface area contributed by atoms with E-state index < -0.39 is 6.10 Å². The summed E-state index contributed by atoms with van der Waals surface area (Å²) in [5, 5.41) is 17.8. The van der Waals surface area contributed by atoms with Crippen molar-refractivity contribution in [2.75, 3.05) is 6.54 Å². The number of aliphatic hydroxyl groups excluding tert-OH is 1. The van der Waals surface area contributed by atoms with E-state index >= 15 is 0 Å². The first kappa shape index (κ1) is 15.2. The third-order valence-electron chi connectivity index (χ3n) is 4.49. The van der Waals surface area contributed by atoms with Gasteiger partial charge in [0.25, 0.3) is 0 Å². The molecule has 2 N–H and O–H groups in total. The monoisotopic (exact) mass is 303 g/mol. The van der Waals surface area contributed by atoms with Crippen molar-refractivity contribution in [1.82, 2.24) is 15.1 Å². The van der Waals surface area contributed by atoms with Gasteiger partial charge in [-0.3, -0.25) is 4.68 Å². The molecule has 5 heteroatoms. The number of benzene rings is 1. The molecule has 0 amide bonds. The Kier molecular flexibility index (Phi) is 4.55. The van der Waals surface area contributed by atoms with Crippen molar-refractivity contribution in [3.8, 4) is 0 Å². The molecule has 22 heavy (non-hydrogen) atoms. The van der Waals surface area contributed by atoms with Gasteiger partial charge < -0.3 is 10.4 Å². The normalized spacial score (nSPS) is 18.5. The van der Waals surface area contributed by atoms with E-state index in [4.69, 9.17) is 0 Å². The van der Waals surface area contributed by atoms with E-state index in [1.807, 2.05) is 24.4 Å². The van der Waals surface area contributed by atoms with E-state index in [0.29, 0.717) is 13.1 Å². The fourth-order valence-corrected chi connectivity index (χ4v) is 3.32. The van der Waals surface area contributed by atoms with Gasteiger partial charge >= 0.3 is 0 Å². The van der Waals surface area contributed by atoms with Gasteiger partial charge in [-0.05, 0) is 36.6 Å². The van der Waals surface area contributed by atoms with E-state index in [1.165, 1.54) is 12.1 Å². The van der Waals surface area contributed by atoms with Gasteiger partial charge in [-0.15, -0.1) is 0 Å². The molecule has 118 valence electrons. The van der Waals surface area contributed by atoms with Gasteiger partial charge in [0, 0.05) is 24.5 Å². The molecule has 2 aromatic rings. The molecule has 1 atom stereocenters. The zero-order valence-electron chi connectivity index (χ0n) is 12.6. The lowest BCUT2D eigenvalue weighted by Gasteiger charge is -2.32. The molecule has 4 nitrogen and oxygen atoms in total. The second-order valence-electron chi connectivity index (χ2n) is 6.06. The first-order valence-corrected chi connectivity index (χ1v) is 7.84. The van der Waals surface area contributed by atoms with Crippen molar-refractivity contribution in [2.45, 2.75) is 43.9 Å². The predicted octanol–water partition coefficient (Wildman–Crippen LogP) is 2.44. The van der Waals surface area contributed by atoms with Crippen molar-refractivity contribution in [1.29, 1.82) is 0 Å². The van der Waals surface area contributed by atoms with Crippen molar-refractivity contribution in [3.63, 3.8) is 0 Å². The molecule has 0 bridgehead atoms. The summed E-state index contributed by atoms with van der Waals surface area (Å²) in [7, 11) is 0. The van der Waals surface area contributed by atoms with Gasteiger partial charge in [-0.1, -0.05) is 25.0 Å².